The van der Waals surface area contributed by atoms with Crippen LogP contribution in [0.2, 0.25) is 0 Å². The third-order valence-corrected chi connectivity index (χ3v) is 4.19. The summed E-state index contributed by atoms with van der Waals surface area (Å²) in [4.78, 5) is 24.2. The molecule has 0 spiro atoms. The van der Waals surface area contributed by atoms with Crippen molar-refractivity contribution in [3.63, 3.8) is 0 Å². The molecule has 0 aliphatic carbocycles. The molecule has 1 atom stereocenters. The summed E-state index contributed by atoms with van der Waals surface area (Å²) in [6, 6.07) is 5.54. The lowest BCUT2D eigenvalue weighted by molar-refractivity contribution is -0.145. The van der Waals surface area contributed by atoms with E-state index in [-0.39, 0.29) is 25.2 Å². The molecule has 1 aromatic carbocycles. The first-order chi connectivity index (χ1) is 12.2. The zero-order valence-electron chi connectivity index (χ0n) is 14.1. The van der Waals surface area contributed by atoms with Gasteiger partial charge in [-0.2, -0.15) is 0 Å². The summed E-state index contributed by atoms with van der Waals surface area (Å²) in [5.41, 5.74) is 1.51. The summed E-state index contributed by atoms with van der Waals surface area (Å²) in [6.07, 6.45) is 3.41. The second-order valence-electron chi connectivity index (χ2n) is 5.94. The van der Waals surface area contributed by atoms with Gasteiger partial charge in [-0.1, -0.05) is 6.07 Å². The van der Waals surface area contributed by atoms with Crippen LogP contribution in [0, 0.1) is 5.92 Å². The van der Waals surface area contributed by atoms with Crippen molar-refractivity contribution in [2.24, 2.45) is 5.92 Å². The van der Waals surface area contributed by atoms with Gasteiger partial charge >= 0.3 is 5.97 Å². The highest BCUT2D eigenvalue weighted by molar-refractivity contribution is 5.93. The minimum Gasteiger partial charge on any atom is -0.501 e. The number of benzene rings is 1. The van der Waals surface area contributed by atoms with E-state index in [9.17, 15) is 9.59 Å². The van der Waals surface area contributed by atoms with Gasteiger partial charge < -0.3 is 24.3 Å². The molecular formula is C18H21NO6. The van der Waals surface area contributed by atoms with Crippen molar-refractivity contribution in [1.82, 2.24) is 5.32 Å². The highest BCUT2D eigenvalue weighted by atomic mass is 16.7. The lowest BCUT2D eigenvalue weighted by Gasteiger charge is -2.18. The Labute approximate surface area is 145 Å². The summed E-state index contributed by atoms with van der Waals surface area (Å²) in [5, 5.41) is 2.80. The number of hydrogen-bond acceptors (Lipinski definition) is 6. The molecule has 134 valence electrons. The van der Waals surface area contributed by atoms with Crippen LogP contribution in [-0.4, -0.2) is 38.9 Å². The minimum atomic E-state index is -0.487. The summed E-state index contributed by atoms with van der Waals surface area (Å²) in [7, 11) is 1.34. The molecule has 7 heteroatoms. The van der Waals surface area contributed by atoms with Crippen LogP contribution in [0.25, 0.3) is 0 Å². The van der Waals surface area contributed by atoms with Crippen LogP contribution in [0.1, 0.15) is 18.4 Å². The minimum absolute atomic E-state index is 0.192. The lowest BCUT2D eigenvalue weighted by atomic mass is 9.98. The van der Waals surface area contributed by atoms with Crippen molar-refractivity contribution < 1.29 is 28.5 Å². The van der Waals surface area contributed by atoms with E-state index in [1.807, 2.05) is 18.2 Å². The third-order valence-electron chi connectivity index (χ3n) is 4.19. The second kappa shape index (κ2) is 7.92. The van der Waals surface area contributed by atoms with Crippen molar-refractivity contribution >= 4 is 11.9 Å². The van der Waals surface area contributed by atoms with Crippen LogP contribution >= 0.6 is 0 Å². The number of fused-ring (bicyclic) bond motifs is 1. The van der Waals surface area contributed by atoms with Gasteiger partial charge in [0.25, 0.3) is 0 Å². The van der Waals surface area contributed by atoms with Gasteiger partial charge in [-0.05, 0) is 37.0 Å². The summed E-state index contributed by atoms with van der Waals surface area (Å²) in [5.74, 6) is 0.288. The standard InChI is InChI=1S/C18H21NO6/c1-22-18(21)14(9-19-17(20)13-3-2-6-23-10-13)7-12-4-5-15-16(8-12)25-11-24-15/h4-5,8,10,14H,2-3,6-7,9,11H2,1H3,(H,19,20). The molecule has 0 fully saturated rings. The second-order valence-corrected chi connectivity index (χ2v) is 5.94. The number of carbonyl (C=O) groups excluding carboxylic acids is 2. The molecule has 2 aliphatic rings. The Kier molecular flexibility index (Phi) is 5.42. The molecule has 0 saturated heterocycles. The van der Waals surface area contributed by atoms with E-state index >= 15 is 0 Å². The lowest BCUT2D eigenvalue weighted by Crippen LogP contribution is -2.35. The topological polar surface area (TPSA) is 83.1 Å². The van der Waals surface area contributed by atoms with Gasteiger partial charge in [-0.3, -0.25) is 9.59 Å². The molecule has 1 N–H and O–H groups in total. The molecule has 25 heavy (non-hydrogen) atoms. The van der Waals surface area contributed by atoms with Crippen molar-refractivity contribution in [3.8, 4) is 11.5 Å². The molecule has 0 saturated carbocycles. The van der Waals surface area contributed by atoms with Crippen LogP contribution in [0.15, 0.2) is 30.0 Å². The molecule has 7 nitrogen and oxygen atoms in total. The quantitative estimate of drug-likeness (QED) is 0.787. The summed E-state index contributed by atoms with van der Waals surface area (Å²) in [6.45, 7) is 1.02. The smallest absolute Gasteiger partial charge is 0.310 e. The molecule has 0 bridgehead atoms. The van der Waals surface area contributed by atoms with Gasteiger partial charge in [-0.15, -0.1) is 0 Å². The molecule has 2 heterocycles. The zero-order valence-corrected chi connectivity index (χ0v) is 14.1. The largest absolute Gasteiger partial charge is 0.501 e. The van der Waals surface area contributed by atoms with E-state index in [4.69, 9.17) is 18.9 Å². The maximum Gasteiger partial charge on any atom is 0.310 e. The van der Waals surface area contributed by atoms with Gasteiger partial charge in [0.15, 0.2) is 11.5 Å². The van der Waals surface area contributed by atoms with Gasteiger partial charge in [0.2, 0.25) is 12.7 Å². The monoisotopic (exact) mass is 347 g/mol. The van der Waals surface area contributed by atoms with Gasteiger partial charge in [0.05, 0.1) is 31.5 Å². The predicted molar refractivity (Wildman–Crippen MR) is 88.1 cm³/mol. The molecule has 2 aliphatic heterocycles. The fourth-order valence-electron chi connectivity index (χ4n) is 2.82. The van der Waals surface area contributed by atoms with Crippen molar-refractivity contribution in [3.05, 3.63) is 35.6 Å². The Balaban J connectivity index is 1.62. The molecule has 1 amide bonds. The van der Waals surface area contributed by atoms with Crippen LogP contribution in [0.5, 0.6) is 11.5 Å². The molecule has 0 aromatic heterocycles. The van der Waals surface area contributed by atoms with E-state index in [0.717, 1.165) is 12.0 Å². The number of methoxy groups -OCH3 is 1. The highest BCUT2D eigenvalue weighted by Crippen LogP contribution is 2.33. The van der Waals surface area contributed by atoms with E-state index in [1.54, 1.807) is 0 Å². The van der Waals surface area contributed by atoms with E-state index < -0.39 is 5.92 Å². The Bertz CT molecular complexity index is 684. The maximum atomic E-state index is 12.2. The Morgan fingerprint density at radius 3 is 2.88 bits per heavy atom. The average molecular weight is 347 g/mol. The fourth-order valence-corrected chi connectivity index (χ4v) is 2.82. The Morgan fingerprint density at radius 2 is 2.12 bits per heavy atom. The van der Waals surface area contributed by atoms with Crippen LogP contribution in [0.4, 0.5) is 0 Å². The van der Waals surface area contributed by atoms with E-state index in [2.05, 4.69) is 5.32 Å². The molecular weight excluding hydrogens is 326 g/mol. The number of ether oxygens (including phenoxy) is 4. The van der Waals surface area contributed by atoms with Gasteiger partial charge in [-0.25, -0.2) is 0 Å². The normalized spacial score (nSPS) is 16.4. The SMILES string of the molecule is COC(=O)C(CNC(=O)C1=COCCC1)Cc1ccc2c(c1)OCO2. The van der Waals surface area contributed by atoms with Crippen molar-refractivity contribution in [2.45, 2.75) is 19.3 Å². The summed E-state index contributed by atoms with van der Waals surface area (Å²) >= 11 is 0. The van der Waals surface area contributed by atoms with Crippen molar-refractivity contribution in [2.75, 3.05) is 27.1 Å². The van der Waals surface area contributed by atoms with Crippen LogP contribution in [0.3, 0.4) is 0 Å². The average Bonchev–Trinajstić information content (AvgIpc) is 3.12. The zero-order chi connectivity index (χ0) is 17.6. The molecule has 1 aromatic rings. The Hall–Kier alpha value is -2.70. The number of rotatable bonds is 6. The number of nitrogens with one attached hydrogen (secondary N) is 1. The first kappa shape index (κ1) is 17.1. The number of esters is 1. The first-order valence-electron chi connectivity index (χ1n) is 8.22. The molecule has 3 rings (SSSR count). The number of hydrogen-bond donors (Lipinski definition) is 1. The first-order valence-corrected chi connectivity index (χ1v) is 8.22. The van der Waals surface area contributed by atoms with E-state index in [0.29, 0.717) is 36.5 Å². The third kappa shape index (κ3) is 4.23. The van der Waals surface area contributed by atoms with Gasteiger partial charge in [0.1, 0.15) is 0 Å². The fraction of sp³-hybridized carbons (Fsp3) is 0.444. The number of carbonyl (C=O) groups is 2. The predicted octanol–water partition coefficient (Wildman–Crippen LogP) is 1.56. The van der Waals surface area contributed by atoms with Crippen LogP contribution in [-0.2, 0) is 25.5 Å². The van der Waals surface area contributed by atoms with E-state index in [1.165, 1.54) is 13.4 Å². The highest BCUT2D eigenvalue weighted by Gasteiger charge is 2.23. The van der Waals surface area contributed by atoms with Crippen LogP contribution < -0.4 is 14.8 Å². The Morgan fingerprint density at radius 1 is 1.28 bits per heavy atom. The van der Waals surface area contributed by atoms with Crippen molar-refractivity contribution in [1.29, 1.82) is 0 Å². The molecule has 1 unspecified atom stereocenters. The van der Waals surface area contributed by atoms with Gasteiger partial charge in [0, 0.05) is 6.54 Å². The summed E-state index contributed by atoms with van der Waals surface area (Å²) < 4.78 is 20.7. The number of amides is 1. The maximum absolute atomic E-state index is 12.2. The molecule has 0 radical (unpaired) electrons.